The van der Waals surface area contributed by atoms with Crippen molar-refractivity contribution in [3.63, 3.8) is 0 Å². The van der Waals surface area contributed by atoms with Crippen LogP contribution < -0.4 is 0 Å². The molecular formula is C12H18BrNO2S2. The second-order valence-corrected chi connectivity index (χ2v) is 8.57. The van der Waals surface area contributed by atoms with Gasteiger partial charge in [0.25, 0.3) is 10.0 Å². The van der Waals surface area contributed by atoms with Gasteiger partial charge in [-0.1, -0.05) is 13.3 Å². The Morgan fingerprint density at radius 1 is 1.44 bits per heavy atom. The molecule has 0 bridgehead atoms. The number of thiophene rings is 1. The van der Waals surface area contributed by atoms with Crippen LogP contribution in [0.2, 0.25) is 0 Å². The first-order valence-electron chi connectivity index (χ1n) is 6.29. The van der Waals surface area contributed by atoms with Gasteiger partial charge in [0.15, 0.2) is 0 Å². The molecule has 0 saturated carbocycles. The largest absolute Gasteiger partial charge is 0.253 e. The Morgan fingerprint density at radius 3 is 2.83 bits per heavy atom. The molecule has 1 fully saturated rings. The molecule has 3 nitrogen and oxygen atoms in total. The predicted octanol–water partition coefficient (Wildman–Crippen LogP) is 3.71. The van der Waals surface area contributed by atoms with Crippen LogP contribution in [0, 0.1) is 5.92 Å². The first-order chi connectivity index (χ1) is 8.55. The van der Waals surface area contributed by atoms with Crippen LogP contribution in [0.5, 0.6) is 0 Å². The van der Waals surface area contributed by atoms with Gasteiger partial charge in [0.1, 0.15) is 4.21 Å². The first-order valence-corrected chi connectivity index (χ1v) is 9.40. The Labute approximate surface area is 121 Å². The topological polar surface area (TPSA) is 37.4 Å². The molecule has 0 amide bonds. The maximum atomic E-state index is 12.5. The summed E-state index contributed by atoms with van der Waals surface area (Å²) in [6.45, 7) is 3.50. The molecule has 2 heterocycles. The molecule has 1 atom stereocenters. The van der Waals surface area contributed by atoms with Gasteiger partial charge < -0.3 is 0 Å². The molecule has 1 aromatic heterocycles. The summed E-state index contributed by atoms with van der Waals surface area (Å²) in [6.07, 6.45) is 4.25. The van der Waals surface area contributed by atoms with Crippen molar-refractivity contribution in [3.8, 4) is 0 Å². The minimum Gasteiger partial charge on any atom is -0.206 e. The van der Waals surface area contributed by atoms with Crippen molar-refractivity contribution >= 4 is 37.3 Å². The van der Waals surface area contributed by atoms with Crippen LogP contribution in [0.4, 0.5) is 0 Å². The van der Waals surface area contributed by atoms with E-state index in [1.54, 1.807) is 10.4 Å². The van der Waals surface area contributed by atoms with E-state index in [4.69, 9.17) is 0 Å². The third-order valence-corrected chi connectivity index (χ3v) is 8.09. The lowest BCUT2D eigenvalue weighted by molar-refractivity contribution is 0.408. The number of hydrogen-bond acceptors (Lipinski definition) is 3. The highest BCUT2D eigenvalue weighted by atomic mass is 79.9. The summed E-state index contributed by atoms with van der Waals surface area (Å²) >= 11 is 4.61. The van der Waals surface area contributed by atoms with Crippen molar-refractivity contribution < 1.29 is 8.42 Å². The summed E-state index contributed by atoms with van der Waals surface area (Å²) in [6, 6.07) is 1.80. The van der Waals surface area contributed by atoms with E-state index in [-0.39, 0.29) is 0 Å². The van der Waals surface area contributed by atoms with E-state index in [9.17, 15) is 8.42 Å². The normalized spacial score (nSPS) is 22.9. The lowest BCUT2D eigenvalue weighted by Gasteiger charge is -2.19. The standard InChI is InChI=1S/C12H18BrNO2S2/c1-2-10-4-3-7-14(8-5-10)18(15,16)12-11(13)6-9-17-12/h6,9-10H,2-5,7-8H2,1H3. The molecule has 0 radical (unpaired) electrons. The first kappa shape index (κ1) is 14.5. The highest BCUT2D eigenvalue weighted by Crippen LogP contribution is 2.32. The fourth-order valence-corrected chi connectivity index (χ4v) is 6.31. The Bertz CT molecular complexity index is 498. The summed E-state index contributed by atoms with van der Waals surface area (Å²) in [5.41, 5.74) is 0. The van der Waals surface area contributed by atoms with Gasteiger partial charge in [-0.15, -0.1) is 11.3 Å². The third kappa shape index (κ3) is 2.98. The predicted molar refractivity (Wildman–Crippen MR) is 78.4 cm³/mol. The lowest BCUT2D eigenvalue weighted by Crippen LogP contribution is -2.31. The summed E-state index contributed by atoms with van der Waals surface area (Å²) in [4.78, 5) is 0. The van der Waals surface area contributed by atoms with E-state index in [2.05, 4.69) is 22.9 Å². The van der Waals surface area contributed by atoms with Crippen LogP contribution in [-0.2, 0) is 10.0 Å². The summed E-state index contributed by atoms with van der Waals surface area (Å²) in [7, 11) is -3.30. The van der Waals surface area contributed by atoms with E-state index < -0.39 is 10.0 Å². The smallest absolute Gasteiger partial charge is 0.206 e. The van der Waals surface area contributed by atoms with Gasteiger partial charge in [0.2, 0.25) is 0 Å². The number of sulfonamides is 1. The second kappa shape index (κ2) is 6.03. The molecule has 1 aliphatic rings. The van der Waals surface area contributed by atoms with Crippen molar-refractivity contribution in [2.45, 2.75) is 36.8 Å². The molecule has 1 aromatic rings. The molecule has 18 heavy (non-hydrogen) atoms. The van der Waals surface area contributed by atoms with E-state index in [0.29, 0.717) is 27.7 Å². The molecule has 0 spiro atoms. The van der Waals surface area contributed by atoms with Crippen molar-refractivity contribution in [2.24, 2.45) is 5.92 Å². The average Bonchev–Trinajstić information content (AvgIpc) is 2.65. The second-order valence-electron chi connectivity index (χ2n) is 4.67. The Morgan fingerprint density at radius 2 is 2.22 bits per heavy atom. The van der Waals surface area contributed by atoms with Crippen molar-refractivity contribution in [2.75, 3.05) is 13.1 Å². The molecule has 2 rings (SSSR count). The molecule has 1 unspecified atom stereocenters. The quantitative estimate of drug-likeness (QED) is 0.832. The minimum absolute atomic E-state index is 0.442. The lowest BCUT2D eigenvalue weighted by atomic mass is 9.98. The SMILES string of the molecule is CCC1CCCN(S(=O)(=O)c2sccc2Br)CC1. The van der Waals surface area contributed by atoms with Crippen molar-refractivity contribution in [1.82, 2.24) is 4.31 Å². The van der Waals surface area contributed by atoms with Gasteiger partial charge in [-0.3, -0.25) is 0 Å². The van der Waals surface area contributed by atoms with E-state index >= 15 is 0 Å². The zero-order valence-corrected chi connectivity index (χ0v) is 13.7. The zero-order valence-electron chi connectivity index (χ0n) is 10.4. The van der Waals surface area contributed by atoms with Gasteiger partial charge in [-0.05, 0) is 52.6 Å². The van der Waals surface area contributed by atoms with E-state index in [0.717, 1.165) is 25.7 Å². The Kier molecular flexibility index (Phi) is 4.86. The molecular weight excluding hydrogens is 334 g/mol. The fourth-order valence-electron chi connectivity index (χ4n) is 2.37. The molecule has 6 heteroatoms. The number of hydrogen-bond donors (Lipinski definition) is 0. The molecule has 1 saturated heterocycles. The summed E-state index contributed by atoms with van der Waals surface area (Å²) in [5.74, 6) is 0.678. The Balaban J connectivity index is 2.18. The molecule has 0 aliphatic carbocycles. The van der Waals surface area contributed by atoms with Gasteiger partial charge in [0, 0.05) is 17.6 Å². The third-order valence-electron chi connectivity index (χ3n) is 3.54. The van der Waals surface area contributed by atoms with E-state index in [1.165, 1.54) is 11.3 Å². The molecule has 0 aromatic carbocycles. The minimum atomic E-state index is -3.30. The van der Waals surface area contributed by atoms with Crippen LogP contribution in [0.3, 0.4) is 0 Å². The van der Waals surface area contributed by atoms with Crippen LogP contribution in [0.1, 0.15) is 32.6 Å². The van der Waals surface area contributed by atoms with Crippen LogP contribution >= 0.6 is 27.3 Å². The maximum absolute atomic E-state index is 12.5. The number of rotatable bonds is 3. The highest BCUT2D eigenvalue weighted by Gasteiger charge is 2.29. The number of nitrogens with zero attached hydrogens (tertiary/aromatic N) is 1. The fraction of sp³-hybridized carbons (Fsp3) is 0.667. The maximum Gasteiger partial charge on any atom is 0.253 e. The van der Waals surface area contributed by atoms with Crippen LogP contribution in [-0.4, -0.2) is 25.8 Å². The van der Waals surface area contributed by atoms with Crippen molar-refractivity contribution in [3.05, 3.63) is 15.9 Å². The molecule has 1 aliphatic heterocycles. The monoisotopic (exact) mass is 351 g/mol. The van der Waals surface area contributed by atoms with Gasteiger partial charge >= 0.3 is 0 Å². The Hall–Kier alpha value is 0.0900. The van der Waals surface area contributed by atoms with Crippen LogP contribution in [0.25, 0.3) is 0 Å². The zero-order chi connectivity index (χ0) is 13.2. The molecule has 102 valence electrons. The highest BCUT2D eigenvalue weighted by molar-refractivity contribution is 9.10. The number of halogens is 1. The average molecular weight is 352 g/mol. The van der Waals surface area contributed by atoms with Crippen LogP contribution in [0.15, 0.2) is 20.1 Å². The van der Waals surface area contributed by atoms with Gasteiger partial charge in [0.05, 0.1) is 0 Å². The summed E-state index contributed by atoms with van der Waals surface area (Å²) in [5, 5.41) is 1.81. The molecule has 0 N–H and O–H groups in total. The van der Waals surface area contributed by atoms with E-state index in [1.807, 2.05) is 5.38 Å². The summed E-state index contributed by atoms with van der Waals surface area (Å²) < 4.78 is 27.8. The van der Waals surface area contributed by atoms with Crippen molar-refractivity contribution in [1.29, 1.82) is 0 Å². The van der Waals surface area contributed by atoms with Gasteiger partial charge in [-0.2, -0.15) is 4.31 Å². The van der Waals surface area contributed by atoms with Gasteiger partial charge in [-0.25, -0.2) is 8.42 Å².